The van der Waals surface area contributed by atoms with E-state index in [2.05, 4.69) is 4.98 Å². The van der Waals surface area contributed by atoms with Gasteiger partial charge in [0.1, 0.15) is 18.4 Å². The summed E-state index contributed by atoms with van der Waals surface area (Å²) < 4.78 is 38.2. The second-order valence-corrected chi connectivity index (χ2v) is 5.32. The maximum absolute atomic E-state index is 12.7. The highest BCUT2D eigenvalue weighted by molar-refractivity contribution is 5.56. The lowest BCUT2D eigenvalue weighted by molar-refractivity contribution is -0.119. The third-order valence-corrected chi connectivity index (χ3v) is 3.56. The zero-order valence-corrected chi connectivity index (χ0v) is 12.0. The highest BCUT2D eigenvalue weighted by atomic mass is 19.4. The molecular weight excluding hydrogens is 279 g/mol. The summed E-state index contributed by atoms with van der Waals surface area (Å²) in [5, 5.41) is 9.24. The fourth-order valence-electron chi connectivity index (χ4n) is 2.69. The summed E-state index contributed by atoms with van der Waals surface area (Å²) in [6.45, 7) is 0.981. The molecule has 0 atom stereocenters. The highest BCUT2D eigenvalue weighted by Gasteiger charge is 2.32. The van der Waals surface area contributed by atoms with Crippen molar-refractivity contribution in [2.24, 2.45) is 0 Å². The third kappa shape index (κ3) is 3.87. The van der Waals surface area contributed by atoms with E-state index in [-0.39, 0.29) is 17.9 Å². The Balaban J connectivity index is 2.41. The smallest absolute Gasteiger partial charge is 0.346 e. The molecule has 0 bridgehead atoms. The number of fused-ring (bicyclic) bond motifs is 1. The largest absolute Gasteiger partial charge is 0.405 e. The number of nitriles is 1. The van der Waals surface area contributed by atoms with E-state index in [1.54, 1.807) is 6.07 Å². The molecule has 0 saturated carbocycles. The van der Waals surface area contributed by atoms with Crippen LogP contribution in [0.3, 0.4) is 0 Å². The molecule has 0 radical (unpaired) electrons. The molecule has 0 N–H and O–H groups in total. The van der Waals surface area contributed by atoms with E-state index < -0.39 is 12.7 Å². The normalized spacial score (nSPS) is 14.4. The fraction of sp³-hybridized carbons (Fsp3) is 0.600. The number of aromatic nitrogens is 1. The van der Waals surface area contributed by atoms with Gasteiger partial charge in [0.05, 0.1) is 5.56 Å². The van der Waals surface area contributed by atoms with Gasteiger partial charge >= 0.3 is 6.18 Å². The third-order valence-electron chi connectivity index (χ3n) is 3.56. The summed E-state index contributed by atoms with van der Waals surface area (Å²) in [5.41, 5.74) is 2.09. The molecule has 6 heteroatoms. The Hall–Kier alpha value is -1.77. The number of aryl methyl sites for hydroxylation is 2. The quantitative estimate of drug-likeness (QED) is 0.852. The molecule has 114 valence electrons. The van der Waals surface area contributed by atoms with E-state index in [0.717, 1.165) is 36.9 Å². The van der Waals surface area contributed by atoms with Gasteiger partial charge in [0, 0.05) is 12.2 Å². The van der Waals surface area contributed by atoms with Gasteiger partial charge in [-0.05, 0) is 43.7 Å². The van der Waals surface area contributed by atoms with Crippen LogP contribution in [-0.2, 0) is 12.8 Å². The molecule has 21 heavy (non-hydrogen) atoms. The molecule has 1 aliphatic rings. The second kappa shape index (κ2) is 6.33. The van der Waals surface area contributed by atoms with Crippen molar-refractivity contribution in [2.45, 2.75) is 45.2 Å². The monoisotopic (exact) mass is 297 g/mol. The van der Waals surface area contributed by atoms with Crippen LogP contribution >= 0.6 is 0 Å². The SMILES string of the molecule is CCCN(CC(F)(F)F)c1nc2c(cc1C#N)CCCC2. The molecule has 1 heterocycles. The van der Waals surface area contributed by atoms with Crippen molar-refractivity contribution in [3.8, 4) is 6.07 Å². The van der Waals surface area contributed by atoms with Crippen LogP contribution in [-0.4, -0.2) is 24.2 Å². The number of hydrogen-bond acceptors (Lipinski definition) is 3. The molecule has 1 aromatic heterocycles. The lowest BCUT2D eigenvalue weighted by Gasteiger charge is -2.27. The van der Waals surface area contributed by atoms with E-state index in [1.165, 1.54) is 4.90 Å². The van der Waals surface area contributed by atoms with Gasteiger partial charge in [-0.15, -0.1) is 0 Å². The minimum absolute atomic E-state index is 0.178. The zero-order chi connectivity index (χ0) is 15.5. The predicted octanol–water partition coefficient (Wildman–Crippen LogP) is 3.61. The van der Waals surface area contributed by atoms with Crippen LogP contribution in [0.5, 0.6) is 0 Å². The summed E-state index contributed by atoms with van der Waals surface area (Å²) in [5.74, 6) is 0.178. The minimum atomic E-state index is -4.31. The van der Waals surface area contributed by atoms with Crippen molar-refractivity contribution in [1.82, 2.24) is 4.98 Å². The Labute approximate surface area is 122 Å². The minimum Gasteiger partial charge on any atom is -0.346 e. The van der Waals surface area contributed by atoms with Crippen molar-refractivity contribution in [2.75, 3.05) is 18.0 Å². The first-order valence-corrected chi connectivity index (χ1v) is 7.19. The van der Waals surface area contributed by atoms with Crippen LogP contribution in [0.25, 0.3) is 0 Å². The Morgan fingerprint density at radius 3 is 2.67 bits per heavy atom. The van der Waals surface area contributed by atoms with Crippen LogP contribution < -0.4 is 4.90 Å². The summed E-state index contributed by atoms with van der Waals surface area (Å²) in [4.78, 5) is 5.56. The number of hydrogen-bond donors (Lipinski definition) is 0. The number of pyridine rings is 1. The van der Waals surface area contributed by atoms with Crippen molar-refractivity contribution in [3.63, 3.8) is 0 Å². The first-order chi connectivity index (χ1) is 9.94. The average molecular weight is 297 g/mol. The Bertz CT molecular complexity index is 546. The van der Waals surface area contributed by atoms with E-state index in [4.69, 9.17) is 0 Å². The Kier molecular flexibility index (Phi) is 4.71. The number of halogens is 3. The molecule has 0 aliphatic heterocycles. The molecular formula is C15H18F3N3. The van der Waals surface area contributed by atoms with Crippen LogP contribution in [0.1, 0.15) is 43.0 Å². The molecule has 0 spiro atoms. The zero-order valence-electron chi connectivity index (χ0n) is 12.0. The number of nitrogens with zero attached hydrogens (tertiary/aromatic N) is 3. The van der Waals surface area contributed by atoms with Crippen LogP contribution in [0.4, 0.5) is 19.0 Å². The second-order valence-electron chi connectivity index (χ2n) is 5.32. The number of anilines is 1. The summed E-state index contributed by atoms with van der Waals surface area (Å²) in [6.07, 6.45) is -0.0674. The van der Waals surface area contributed by atoms with E-state index in [1.807, 2.05) is 13.0 Å². The average Bonchev–Trinajstić information content (AvgIpc) is 2.44. The molecule has 0 unspecified atom stereocenters. The van der Waals surface area contributed by atoms with Gasteiger partial charge in [0.25, 0.3) is 0 Å². The standard InChI is InChI=1S/C15H18F3N3/c1-2-7-21(10-15(16,17)18)14-12(9-19)8-11-5-3-4-6-13(11)20-14/h8H,2-7,10H2,1H3. The summed E-state index contributed by atoms with van der Waals surface area (Å²) in [7, 11) is 0. The number of alkyl halides is 3. The maximum Gasteiger partial charge on any atom is 0.405 e. The van der Waals surface area contributed by atoms with E-state index >= 15 is 0 Å². The summed E-state index contributed by atoms with van der Waals surface area (Å²) in [6, 6.07) is 3.72. The first kappa shape index (κ1) is 15.6. The van der Waals surface area contributed by atoms with E-state index in [9.17, 15) is 18.4 Å². The van der Waals surface area contributed by atoms with Gasteiger partial charge in [0.15, 0.2) is 0 Å². The number of rotatable bonds is 4. The van der Waals surface area contributed by atoms with Gasteiger partial charge in [-0.3, -0.25) is 0 Å². The lowest BCUT2D eigenvalue weighted by atomic mass is 9.95. The Morgan fingerprint density at radius 2 is 2.05 bits per heavy atom. The molecule has 3 nitrogen and oxygen atoms in total. The molecule has 1 aliphatic carbocycles. The molecule has 0 amide bonds. The van der Waals surface area contributed by atoms with Crippen LogP contribution in [0.2, 0.25) is 0 Å². The Morgan fingerprint density at radius 1 is 1.33 bits per heavy atom. The molecule has 1 aromatic rings. The van der Waals surface area contributed by atoms with Crippen molar-refractivity contribution >= 4 is 5.82 Å². The van der Waals surface area contributed by atoms with E-state index in [0.29, 0.717) is 6.42 Å². The van der Waals surface area contributed by atoms with Gasteiger partial charge in [0.2, 0.25) is 0 Å². The maximum atomic E-state index is 12.7. The highest BCUT2D eigenvalue weighted by Crippen LogP contribution is 2.28. The summed E-state index contributed by atoms with van der Waals surface area (Å²) >= 11 is 0. The van der Waals surface area contributed by atoms with Gasteiger partial charge in [-0.2, -0.15) is 18.4 Å². The van der Waals surface area contributed by atoms with Crippen LogP contribution in [0.15, 0.2) is 6.07 Å². The predicted molar refractivity (Wildman–Crippen MR) is 74.2 cm³/mol. The van der Waals surface area contributed by atoms with Crippen molar-refractivity contribution in [3.05, 3.63) is 22.9 Å². The molecule has 2 rings (SSSR count). The molecule has 0 fully saturated rings. The van der Waals surface area contributed by atoms with Gasteiger partial charge < -0.3 is 4.90 Å². The lowest BCUT2D eigenvalue weighted by Crippen LogP contribution is -2.36. The van der Waals surface area contributed by atoms with Crippen molar-refractivity contribution in [1.29, 1.82) is 5.26 Å². The van der Waals surface area contributed by atoms with Crippen molar-refractivity contribution < 1.29 is 13.2 Å². The van der Waals surface area contributed by atoms with Crippen LogP contribution in [0, 0.1) is 11.3 Å². The van der Waals surface area contributed by atoms with Gasteiger partial charge in [-0.25, -0.2) is 4.98 Å². The molecule has 0 aromatic carbocycles. The van der Waals surface area contributed by atoms with Gasteiger partial charge in [-0.1, -0.05) is 6.92 Å². The topological polar surface area (TPSA) is 39.9 Å². The first-order valence-electron chi connectivity index (χ1n) is 7.19. The molecule has 0 saturated heterocycles. The fourth-order valence-corrected chi connectivity index (χ4v) is 2.69.